The van der Waals surface area contributed by atoms with Gasteiger partial charge in [-0.25, -0.2) is 9.13 Å². The number of phosphoric ester groups is 2. The molecule has 480 valence electrons. The Kier molecular flexibility index (Phi) is 54.6. The number of hydrogen-bond acceptors (Lipinski definition) is 15. The van der Waals surface area contributed by atoms with E-state index in [9.17, 15) is 43.2 Å². The predicted octanol–water partition coefficient (Wildman–Crippen LogP) is 17.0. The SMILES string of the molecule is CCCCCCCCCCCCCC(=O)OC[C@H](COP(=O)(O)OC[C@@H](O)COP(=O)(O)OC[C@@H](COC(=O)CCCCCCCCCC)OC(=O)CCCCCCCCCCCC)OC(=O)CCCCCCCCCCC(C)CC. The van der Waals surface area contributed by atoms with Crippen LogP contribution in [0.4, 0.5) is 0 Å². The molecule has 81 heavy (non-hydrogen) atoms. The zero-order valence-electron chi connectivity index (χ0n) is 51.9. The van der Waals surface area contributed by atoms with Crippen molar-refractivity contribution in [3.05, 3.63) is 0 Å². The Hall–Kier alpha value is -1.94. The number of aliphatic hydroxyl groups excluding tert-OH is 1. The molecule has 0 bridgehead atoms. The summed E-state index contributed by atoms with van der Waals surface area (Å²) in [4.78, 5) is 72.0. The third-order valence-corrected chi connectivity index (χ3v) is 16.5. The molecule has 0 rings (SSSR count). The van der Waals surface area contributed by atoms with Crippen molar-refractivity contribution >= 4 is 39.5 Å². The average molecular weight is 1200 g/mol. The lowest BCUT2D eigenvalue weighted by Gasteiger charge is -2.21. The zero-order valence-corrected chi connectivity index (χ0v) is 53.7. The van der Waals surface area contributed by atoms with E-state index in [0.717, 1.165) is 102 Å². The monoisotopic (exact) mass is 1200 g/mol. The van der Waals surface area contributed by atoms with Crippen molar-refractivity contribution in [1.29, 1.82) is 0 Å². The van der Waals surface area contributed by atoms with Crippen LogP contribution in [-0.4, -0.2) is 96.7 Å². The fraction of sp³-hybridized carbons (Fsp3) is 0.935. The van der Waals surface area contributed by atoms with E-state index in [1.165, 1.54) is 128 Å². The number of carbonyl (C=O) groups excluding carboxylic acids is 4. The summed E-state index contributed by atoms with van der Waals surface area (Å²) in [6.45, 7) is 7.14. The van der Waals surface area contributed by atoms with E-state index >= 15 is 0 Å². The number of aliphatic hydroxyl groups is 1. The summed E-state index contributed by atoms with van der Waals surface area (Å²) in [6, 6.07) is 0. The van der Waals surface area contributed by atoms with Gasteiger partial charge in [0.05, 0.1) is 26.4 Å². The Morgan fingerprint density at radius 1 is 0.346 bits per heavy atom. The van der Waals surface area contributed by atoms with Crippen LogP contribution in [-0.2, 0) is 65.4 Å². The minimum atomic E-state index is -4.94. The molecule has 3 N–H and O–H groups in total. The molecule has 0 heterocycles. The summed E-state index contributed by atoms with van der Waals surface area (Å²) in [5.74, 6) is -1.37. The zero-order chi connectivity index (χ0) is 59.9. The Morgan fingerprint density at radius 3 is 0.877 bits per heavy atom. The normalized spacial score (nSPS) is 14.6. The largest absolute Gasteiger partial charge is 0.472 e. The molecule has 0 radical (unpaired) electrons. The van der Waals surface area contributed by atoms with Crippen LogP contribution in [0.1, 0.15) is 311 Å². The molecular weight excluding hydrogens is 1080 g/mol. The summed E-state index contributed by atoms with van der Waals surface area (Å²) >= 11 is 0. The van der Waals surface area contributed by atoms with Gasteiger partial charge in [-0.3, -0.25) is 37.3 Å². The summed E-state index contributed by atoms with van der Waals surface area (Å²) in [5.41, 5.74) is 0. The van der Waals surface area contributed by atoms with Gasteiger partial charge in [0.1, 0.15) is 19.3 Å². The highest BCUT2D eigenvalue weighted by Gasteiger charge is 2.30. The lowest BCUT2D eigenvalue weighted by atomic mass is 9.99. The molecule has 0 aliphatic rings. The van der Waals surface area contributed by atoms with Crippen molar-refractivity contribution in [3.8, 4) is 0 Å². The van der Waals surface area contributed by atoms with Crippen molar-refractivity contribution in [3.63, 3.8) is 0 Å². The topological polar surface area (TPSA) is 237 Å². The number of esters is 4. The quantitative estimate of drug-likeness (QED) is 0.0222. The summed E-state index contributed by atoms with van der Waals surface area (Å²) in [6.07, 6.45) is 38.8. The van der Waals surface area contributed by atoms with Crippen LogP contribution < -0.4 is 0 Å². The first-order valence-corrected chi connectivity index (χ1v) is 35.7. The predicted molar refractivity (Wildman–Crippen MR) is 322 cm³/mol. The van der Waals surface area contributed by atoms with Crippen LogP contribution in [0.3, 0.4) is 0 Å². The molecule has 0 aromatic heterocycles. The van der Waals surface area contributed by atoms with Gasteiger partial charge in [0, 0.05) is 25.7 Å². The number of hydrogen-bond donors (Lipinski definition) is 3. The molecule has 0 aromatic carbocycles. The second-order valence-corrected chi connectivity index (χ2v) is 25.6. The van der Waals surface area contributed by atoms with E-state index in [4.69, 9.17) is 37.0 Å². The van der Waals surface area contributed by atoms with Gasteiger partial charge in [-0.1, -0.05) is 259 Å². The van der Waals surface area contributed by atoms with Crippen molar-refractivity contribution in [2.24, 2.45) is 5.92 Å². The third-order valence-electron chi connectivity index (χ3n) is 14.6. The van der Waals surface area contributed by atoms with Crippen LogP contribution >= 0.6 is 15.6 Å². The van der Waals surface area contributed by atoms with Crippen LogP contribution in [0, 0.1) is 5.92 Å². The molecule has 0 aliphatic heterocycles. The molecule has 0 aliphatic carbocycles. The molecule has 17 nitrogen and oxygen atoms in total. The molecule has 0 spiro atoms. The first-order chi connectivity index (χ1) is 39.1. The minimum Gasteiger partial charge on any atom is -0.462 e. The first kappa shape index (κ1) is 79.1. The average Bonchev–Trinajstić information content (AvgIpc) is 3.44. The molecule has 0 amide bonds. The van der Waals surface area contributed by atoms with Gasteiger partial charge in [-0.15, -0.1) is 0 Å². The maximum atomic E-state index is 13.0. The molecule has 3 unspecified atom stereocenters. The molecule has 6 atom stereocenters. The number of phosphoric acid groups is 2. The highest BCUT2D eigenvalue weighted by Crippen LogP contribution is 2.45. The van der Waals surface area contributed by atoms with Gasteiger partial charge >= 0.3 is 39.5 Å². The maximum Gasteiger partial charge on any atom is 0.472 e. The lowest BCUT2D eigenvalue weighted by molar-refractivity contribution is -0.161. The lowest BCUT2D eigenvalue weighted by Crippen LogP contribution is -2.30. The molecule has 0 saturated carbocycles. The van der Waals surface area contributed by atoms with Gasteiger partial charge < -0.3 is 33.8 Å². The molecule has 0 saturated heterocycles. The summed E-state index contributed by atoms with van der Waals surface area (Å²) < 4.78 is 67.8. The van der Waals surface area contributed by atoms with Gasteiger partial charge in [0.15, 0.2) is 12.2 Å². The second kappa shape index (κ2) is 55.9. The fourth-order valence-corrected chi connectivity index (χ4v) is 10.8. The third kappa shape index (κ3) is 55.7. The molecular formula is C62H120O17P2. The second-order valence-electron chi connectivity index (χ2n) is 22.7. The van der Waals surface area contributed by atoms with Gasteiger partial charge in [-0.05, 0) is 31.6 Å². The van der Waals surface area contributed by atoms with E-state index in [1.807, 2.05) is 0 Å². The van der Waals surface area contributed by atoms with Crippen molar-refractivity contribution in [2.75, 3.05) is 39.6 Å². The number of rotatable bonds is 62. The van der Waals surface area contributed by atoms with E-state index in [0.29, 0.717) is 25.7 Å². The highest BCUT2D eigenvalue weighted by molar-refractivity contribution is 7.47. The van der Waals surface area contributed by atoms with E-state index in [2.05, 4.69) is 34.6 Å². The van der Waals surface area contributed by atoms with Crippen molar-refractivity contribution in [1.82, 2.24) is 0 Å². The number of unbranched alkanes of at least 4 members (excludes halogenated alkanes) is 33. The number of carbonyl (C=O) groups is 4. The first-order valence-electron chi connectivity index (χ1n) is 32.7. The molecule has 0 fully saturated rings. The Bertz CT molecular complexity index is 1590. The van der Waals surface area contributed by atoms with Crippen LogP contribution in [0.5, 0.6) is 0 Å². The maximum absolute atomic E-state index is 13.0. The highest BCUT2D eigenvalue weighted by atomic mass is 31.2. The summed E-state index contributed by atoms with van der Waals surface area (Å²) in [5, 5.41) is 10.5. The Morgan fingerprint density at radius 2 is 0.593 bits per heavy atom. The van der Waals surface area contributed by atoms with Gasteiger partial charge in [0.25, 0.3) is 0 Å². The molecule has 19 heteroatoms. The Balaban J connectivity index is 5.23. The van der Waals surface area contributed by atoms with Crippen LogP contribution in [0.25, 0.3) is 0 Å². The summed E-state index contributed by atoms with van der Waals surface area (Å²) in [7, 11) is -9.88. The van der Waals surface area contributed by atoms with E-state index in [1.54, 1.807) is 0 Å². The number of ether oxygens (including phenoxy) is 4. The standard InChI is InChI=1S/C62H120O17P2/c1-6-10-13-16-19-22-24-26-31-36-41-46-60(65)73-52-58(79-62(67)48-43-38-33-28-27-29-34-39-44-55(5)9-4)54-77-81(70,71)75-50-56(63)49-74-80(68,69)76-53-57(51-72-59(64)45-40-35-30-21-18-15-12-8-3)78-61(66)47-42-37-32-25-23-20-17-14-11-7-2/h55-58,63H,6-54H2,1-5H3,(H,68,69)(H,70,71)/t55?,56-,57+,58+/m0/s1. The minimum absolute atomic E-state index is 0.105. The smallest absolute Gasteiger partial charge is 0.462 e. The van der Waals surface area contributed by atoms with Crippen molar-refractivity contribution < 1.29 is 80.2 Å². The fourth-order valence-electron chi connectivity index (χ4n) is 9.20. The van der Waals surface area contributed by atoms with Crippen LogP contribution in [0.15, 0.2) is 0 Å². The van der Waals surface area contributed by atoms with Crippen LogP contribution in [0.2, 0.25) is 0 Å². The van der Waals surface area contributed by atoms with Gasteiger partial charge in [-0.2, -0.15) is 0 Å². The van der Waals surface area contributed by atoms with E-state index in [-0.39, 0.29) is 25.7 Å². The molecule has 0 aromatic rings. The Labute approximate surface area is 492 Å². The van der Waals surface area contributed by atoms with Gasteiger partial charge in [0.2, 0.25) is 0 Å². The van der Waals surface area contributed by atoms with E-state index < -0.39 is 97.5 Å². The van der Waals surface area contributed by atoms with Crippen molar-refractivity contribution in [2.45, 2.75) is 329 Å².